The number of rotatable bonds is 6. The Hall–Kier alpha value is 0.380. The Bertz CT molecular complexity index is 425. The molecule has 16 heavy (non-hydrogen) atoms. The van der Waals surface area contributed by atoms with Crippen LogP contribution in [0.2, 0.25) is 4.34 Å². The van der Waals surface area contributed by atoms with Crippen LogP contribution in [0.3, 0.4) is 0 Å². The van der Waals surface area contributed by atoms with E-state index in [4.69, 9.17) is 11.6 Å². The molecule has 1 aromatic rings. The smallest absolute Gasteiger partial charge is 0.210 e. The second-order valence-electron chi connectivity index (χ2n) is 3.32. The summed E-state index contributed by atoms with van der Waals surface area (Å²) in [5.74, 6) is 0. The summed E-state index contributed by atoms with van der Waals surface area (Å²) >= 11 is 10.2. The largest absolute Gasteiger partial charge is 0.250 e. The number of aryl methyl sites for hydroxylation is 1. The van der Waals surface area contributed by atoms with E-state index in [2.05, 4.69) is 20.7 Å². The molecule has 1 heterocycles. The molecule has 1 aromatic heterocycles. The molecule has 0 saturated heterocycles. The van der Waals surface area contributed by atoms with Crippen molar-refractivity contribution in [1.29, 1.82) is 0 Å². The molecule has 0 fully saturated rings. The first-order valence-electron chi connectivity index (χ1n) is 4.79. The number of sulfonamides is 1. The fourth-order valence-corrected chi connectivity index (χ4v) is 4.28. The number of hydrogen-bond donors (Lipinski definition) is 1. The second-order valence-corrected chi connectivity index (χ2v) is 7.76. The number of nitrogens with one attached hydrogen (secondary N) is 1. The topological polar surface area (TPSA) is 46.2 Å². The molecule has 3 nitrogen and oxygen atoms in total. The molecule has 1 N–H and O–H groups in total. The first-order chi connectivity index (χ1) is 7.47. The van der Waals surface area contributed by atoms with E-state index in [0.717, 1.165) is 35.1 Å². The molecule has 0 amide bonds. The highest BCUT2D eigenvalue weighted by molar-refractivity contribution is 9.09. The van der Waals surface area contributed by atoms with Gasteiger partial charge in [-0.1, -0.05) is 27.5 Å². The van der Waals surface area contributed by atoms with E-state index in [-0.39, 0.29) is 4.21 Å². The highest BCUT2D eigenvalue weighted by Gasteiger charge is 2.17. The molecule has 0 aliphatic heterocycles. The first-order valence-corrected chi connectivity index (χ1v) is 8.59. The molecule has 0 bridgehead atoms. The van der Waals surface area contributed by atoms with Crippen molar-refractivity contribution < 1.29 is 8.42 Å². The van der Waals surface area contributed by atoms with Crippen LogP contribution < -0.4 is 4.72 Å². The molecule has 92 valence electrons. The van der Waals surface area contributed by atoms with E-state index in [1.807, 2.05) is 0 Å². The van der Waals surface area contributed by atoms with Gasteiger partial charge in [0, 0.05) is 11.9 Å². The van der Waals surface area contributed by atoms with E-state index < -0.39 is 10.0 Å². The zero-order valence-corrected chi connectivity index (χ0v) is 12.8. The average Bonchev–Trinajstić information content (AvgIpc) is 2.55. The Morgan fingerprint density at radius 3 is 2.69 bits per heavy atom. The standard InChI is InChI=1S/C9H13BrClNO2S2/c1-7-6-8(15-9(7)11)16(13,14)12-5-3-2-4-10/h6,12H,2-5H2,1H3. The molecule has 0 unspecified atom stereocenters. The van der Waals surface area contributed by atoms with Gasteiger partial charge in [0.2, 0.25) is 10.0 Å². The minimum Gasteiger partial charge on any atom is -0.210 e. The third-order valence-electron chi connectivity index (χ3n) is 1.95. The van der Waals surface area contributed by atoms with Crippen molar-refractivity contribution in [2.75, 3.05) is 11.9 Å². The van der Waals surface area contributed by atoms with Crippen molar-refractivity contribution in [2.45, 2.75) is 24.0 Å². The Kier molecular flexibility index (Phi) is 5.73. The summed E-state index contributed by atoms with van der Waals surface area (Å²) < 4.78 is 26.9. The predicted octanol–water partition coefficient (Wildman–Crippen LogP) is 3.16. The van der Waals surface area contributed by atoms with E-state index in [1.54, 1.807) is 13.0 Å². The van der Waals surface area contributed by atoms with Crippen LogP contribution in [-0.2, 0) is 10.0 Å². The maximum atomic E-state index is 11.8. The monoisotopic (exact) mass is 345 g/mol. The SMILES string of the molecule is Cc1cc(S(=O)(=O)NCCCCBr)sc1Cl. The molecule has 0 radical (unpaired) electrons. The maximum absolute atomic E-state index is 11.8. The Morgan fingerprint density at radius 1 is 1.50 bits per heavy atom. The lowest BCUT2D eigenvalue weighted by Crippen LogP contribution is -2.24. The van der Waals surface area contributed by atoms with Gasteiger partial charge in [-0.25, -0.2) is 13.1 Å². The summed E-state index contributed by atoms with van der Waals surface area (Å²) in [4.78, 5) is 0. The fraction of sp³-hybridized carbons (Fsp3) is 0.556. The summed E-state index contributed by atoms with van der Waals surface area (Å²) in [6.07, 6.45) is 1.77. The molecule has 1 rings (SSSR count). The minimum absolute atomic E-state index is 0.286. The molecule has 0 aliphatic rings. The van der Waals surface area contributed by atoms with Gasteiger partial charge in [-0.05, 0) is 31.4 Å². The average molecular weight is 347 g/mol. The van der Waals surface area contributed by atoms with Crippen molar-refractivity contribution in [2.24, 2.45) is 0 Å². The third kappa shape index (κ3) is 4.00. The molecule has 0 aromatic carbocycles. The molecular weight excluding hydrogens is 334 g/mol. The fourth-order valence-electron chi connectivity index (χ4n) is 1.06. The lowest BCUT2D eigenvalue weighted by molar-refractivity contribution is 0.580. The van der Waals surface area contributed by atoms with E-state index in [9.17, 15) is 8.42 Å². The lowest BCUT2D eigenvalue weighted by atomic mass is 10.3. The van der Waals surface area contributed by atoms with Gasteiger partial charge in [0.15, 0.2) is 0 Å². The lowest BCUT2D eigenvalue weighted by Gasteiger charge is -2.03. The number of unbranched alkanes of at least 4 members (excludes halogenated alkanes) is 1. The van der Waals surface area contributed by atoms with Crippen LogP contribution in [0.1, 0.15) is 18.4 Å². The van der Waals surface area contributed by atoms with Crippen LogP contribution in [0.4, 0.5) is 0 Å². The molecule has 7 heteroatoms. The summed E-state index contributed by atoms with van der Waals surface area (Å²) in [6, 6.07) is 1.60. The number of hydrogen-bond acceptors (Lipinski definition) is 3. The molecule has 0 saturated carbocycles. The molecule has 0 aliphatic carbocycles. The Labute approximate surface area is 113 Å². The highest BCUT2D eigenvalue weighted by atomic mass is 79.9. The van der Waals surface area contributed by atoms with E-state index in [0.29, 0.717) is 10.9 Å². The van der Waals surface area contributed by atoms with Gasteiger partial charge in [-0.2, -0.15) is 0 Å². The van der Waals surface area contributed by atoms with Crippen molar-refractivity contribution in [3.8, 4) is 0 Å². The zero-order chi connectivity index (χ0) is 12.2. The van der Waals surface area contributed by atoms with E-state index in [1.165, 1.54) is 0 Å². The van der Waals surface area contributed by atoms with Gasteiger partial charge >= 0.3 is 0 Å². The van der Waals surface area contributed by atoms with Gasteiger partial charge in [0.1, 0.15) is 4.21 Å². The highest BCUT2D eigenvalue weighted by Crippen LogP contribution is 2.29. The third-order valence-corrected chi connectivity index (χ3v) is 6.00. The van der Waals surface area contributed by atoms with Crippen LogP contribution in [0, 0.1) is 6.92 Å². The molecule has 0 atom stereocenters. The molecule has 0 spiro atoms. The van der Waals surface area contributed by atoms with Crippen molar-refractivity contribution in [3.05, 3.63) is 16.0 Å². The first kappa shape index (κ1) is 14.4. The summed E-state index contributed by atoms with van der Waals surface area (Å²) in [6.45, 7) is 2.26. The zero-order valence-electron chi connectivity index (χ0n) is 8.79. The predicted molar refractivity (Wildman–Crippen MR) is 72.3 cm³/mol. The summed E-state index contributed by atoms with van der Waals surface area (Å²) in [5.41, 5.74) is 0.799. The Morgan fingerprint density at radius 2 is 2.19 bits per heavy atom. The summed E-state index contributed by atoms with van der Waals surface area (Å²) in [5, 5.41) is 0.888. The quantitative estimate of drug-likeness (QED) is 0.635. The van der Waals surface area contributed by atoms with Crippen LogP contribution in [0.15, 0.2) is 10.3 Å². The van der Waals surface area contributed by atoms with Crippen molar-refractivity contribution >= 4 is 48.9 Å². The minimum atomic E-state index is -3.37. The van der Waals surface area contributed by atoms with Gasteiger partial charge < -0.3 is 0 Å². The van der Waals surface area contributed by atoms with Crippen molar-refractivity contribution in [1.82, 2.24) is 4.72 Å². The maximum Gasteiger partial charge on any atom is 0.250 e. The van der Waals surface area contributed by atoms with Gasteiger partial charge in [-0.15, -0.1) is 11.3 Å². The van der Waals surface area contributed by atoms with Crippen LogP contribution in [0.5, 0.6) is 0 Å². The molecular formula is C9H13BrClNO2S2. The van der Waals surface area contributed by atoms with Crippen LogP contribution >= 0.6 is 38.9 Å². The number of halogens is 2. The Balaban J connectivity index is 2.64. The van der Waals surface area contributed by atoms with Gasteiger partial charge in [0.25, 0.3) is 0 Å². The van der Waals surface area contributed by atoms with Gasteiger partial charge in [-0.3, -0.25) is 0 Å². The number of thiophene rings is 1. The van der Waals surface area contributed by atoms with Crippen LogP contribution in [0.25, 0.3) is 0 Å². The normalized spacial score (nSPS) is 11.9. The van der Waals surface area contributed by atoms with Crippen LogP contribution in [-0.4, -0.2) is 20.3 Å². The number of alkyl halides is 1. The summed E-state index contributed by atoms with van der Waals surface area (Å²) in [7, 11) is -3.37. The van der Waals surface area contributed by atoms with Crippen molar-refractivity contribution in [3.63, 3.8) is 0 Å². The second kappa shape index (κ2) is 6.35. The van der Waals surface area contributed by atoms with Gasteiger partial charge in [0.05, 0.1) is 4.34 Å². The van der Waals surface area contributed by atoms with E-state index >= 15 is 0 Å².